The maximum absolute atomic E-state index is 14.0. The number of benzene rings is 1. The molecule has 0 saturated carbocycles. The highest BCUT2D eigenvalue weighted by molar-refractivity contribution is 7.39. The van der Waals surface area contributed by atoms with E-state index in [4.69, 9.17) is 28.5 Å². The molecule has 0 spiro atoms. The Morgan fingerprint density at radius 3 is 2.19 bits per heavy atom. The van der Waals surface area contributed by atoms with Crippen molar-refractivity contribution >= 4 is 43.7 Å². The first-order valence-corrected chi connectivity index (χ1v) is 19.4. The summed E-state index contributed by atoms with van der Waals surface area (Å²) in [5.41, 5.74) is 0.622. The molecule has 3 atom stereocenters. The Morgan fingerprint density at radius 1 is 0.925 bits per heavy atom. The van der Waals surface area contributed by atoms with Gasteiger partial charge in [0.25, 0.3) is 5.91 Å². The van der Waals surface area contributed by atoms with Crippen molar-refractivity contribution in [2.45, 2.75) is 71.5 Å². The van der Waals surface area contributed by atoms with Gasteiger partial charge in [-0.2, -0.15) is 0 Å². The molecular formula is C35H49N6O11P. The Labute approximate surface area is 309 Å². The number of unbranched alkanes of at least 4 members (excludes halogenated alkanes) is 1. The highest BCUT2D eigenvalue weighted by atomic mass is 31.1. The highest BCUT2D eigenvalue weighted by Gasteiger charge is 2.34. The molecule has 4 rings (SSSR count). The fraction of sp³-hybridized carbons (Fsp3) is 0.571. The molecule has 3 heterocycles. The lowest BCUT2D eigenvalue weighted by Crippen LogP contribution is -2.56. The second-order valence-electron chi connectivity index (χ2n) is 12.4. The van der Waals surface area contributed by atoms with Gasteiger partial charge in [0.2, 0.25) is 13.9 Å². The number of nitrogens with one attached hydrogen (secondary N) is 1. The number of methoxy groups -OCH3 is 1. The average Bonchev–Trinajstić information content (AvgIpc) is 3.67. The van der Waals surface area contributed by atoms with Crippen LogP contribution in [0, 0.1) is 0 Å². The Hall–Kier alpha value is -4.60. The zero-order chi connectivity index (χ0) is 38.3. The number of aromatic nitrogens is 2. The van der Waals surface area contributed by atoms with Crippen LogP contribution in [-0.2, 0) is 42.4 Å². The molecular weight excluding hydrogens is 711 g/mol. The molecule has 18 heteroatoms. The molecule has 53 heavy (non-hydrogen) atoms. The zero-order valence-electron chi connectivity index (χ0n) is 30.6. The molecule has 0 bridgehead atoms. The first-order valence-electron chi connectivity index (χ1n) is 17.9. The molecule has 3 amide bonds. The predicted octanol–water partition coefficient (Wildman–Crippen LogP) is 3.23. The molecule has 17 nitrogen and oxygen atoms in total. The molecule has 1 unspecified atom stereocenters. The summed E-state index contributed by atoms with van der Waals surface area (Å²) in [7, 11) is -1.69. The number of hydrogen-bond acceptors (Lipinski definition) is 14. The topological polar surface area (TPSA) is 196 Å². The van der Waals surface area contributed by atoms with Crippen LogP contribution in [0.25, 0.3) is 11.4 Å². The lowest BCUT2D eigenvalue weighted by atomic mass is 10.2. The van der Waals surface area contributed by atoms with Gasteiger partial charge < -0.3 is 39.0 Å². The van der Waals surface area contributed by atoms with Crippen LogP contribution in [0.1, 0.15) is 63.4 Å². The Kier molecular flexibility index (Phi) is 16.0. The Morgan fingerprint density at radius 2 is 1.58 bits per heavy atom. The minimum absolute atomic E-state index is 0.0160. The summed E-state index contributed by atoms with van der Waals surface area (Å²) in [5, 5.41) is 2.68. The van der Waals surface area contributed by atoms with E-state index < -0.39 is 56.6 Å². The Bertz CT molecular complexity index is 1570. The van der Waals surface area contributed by atoms with Crippen LogP contribution in [0.3, 0.4) is 0 Å². The smallest absolute Gasteiger partial charge is 0.409 e. The van der Waals surface area contributed by atoms with E-state index >= 15 is 0 Å². The van der Waals surface area contributed by atoms with Crippen LogP contribution in [0.2, 0.25) is 0 Å². The maximum Gasteiger partial charge on any atom is 0.409 e. The van der Waals surface area contributed by atoms with Crippen LogP contribution in [0.15, 0.2) is 36.4 Å². The standard InChI is InChI=1S/C35H49N6O11P/c1-5-8-20-49-34(46)40-18-16-39(17-19-40)33(45)27(23-53(47)52-35(50-29(42)6-2)51-30(43)7-3)37-32(44)26-21-28(41-15-14-25(22-41)48-4)38-31(36-26)24-12-10-9-11-13-24/h9-13,21,25,27,35,53H,5-8,14-20,22-23H2,1-4H3,(H,37,44)/t25-,27-/m0/s1. The molecule has 0 aliphatic carbocycles. The summed E-state index contributed by atoms with van der Waals surface area (Å²) in [5.74, 6) is -2.11. The number of carbonyl (C=O) groups is 5. The van der Waals surface area contributed by atoms with E-state index in [2.05, 4.69) is 10.3 Å². The quantitative estimate of drug-likeness (QED) is 0.107. The minimum Gasteiger partial charge on any atom is -0.449 e. The van der Waals surface area contributed by atoms with Gasteiger partial charge in [0.05, 0.1) is 18.9 Å². The summed E-state index contributed by atoms with van der Waals surface area (Å²) in [6.45, 7) is 5.17. The Balaban J connectivity index is 1.58. The second kappa shape index (κ2) is 20.6. The second-order valence-corrected chi connectivity index (χ2v) is 13.8. The summed E-state index contributed by atoms with van der Waals surface area (Å²) < 4.78 is 39.7. The van der Waals surface area contributed by atoms with Crippen LogP contribution in [-0.4, -0.2) is 127 Å². The molecule has 2 saturated heterocycles. The van der Waals surface area contributed by atoms with Gasteiger partial charge >= 0.3 is 24.5 Å². The average molecular weight is 761 g/mol. The highest BCUT2D eigenvalue weighted by Crippen LogP contribution is 2.29. The van der Waals surface area contributed by atoms with Crippen LogP contribution < -0.4 is 10.2 Å². The molecule has 290 valence electrons. The predicted molar refractivity (Wildman–Crippen MR) is 192 cm³/mol. The number of ether oxygens (including phenoxy) is 4. The molecule has 2 aromatic rings. The minimum atomic E-state index is -3.33. The van der Waals surface area contributed by atoms with Crippen molar-refractivity contribution < 1.29 is 52.0 Å². The lowest BCUT2D eigenvalue weighted by Gasteiger charge is -2.36. The van der Waals surface area contributed by atoms with Crippen LogP contribution in [0.4, 0.5) is 10.6 Å². The monoisotopic (exact) mass is 760 g/mol. The maximum atomic E-state index is 14.0. The van der Waals surface area contributed by atoms with E-state index in [0.717, 1.165) is 19.3 Å². The van der Waals surface area contributed by atoms with E-state index in [-0.39, 0.29) is 56.6 Å². The van der Waals surface area contributed by atoms with Crippen molar-refractivity contribution in [3.63, 3.8) is 0 Å². The summed E-state index contributed by atoms with van der Waals surface area (Å²) in [6, 6.07) is 9.22. The van der Waals surface area contributed by atoms with Gasteiger partial charge in [0, 0.05) is 70.8 Å². The third kappa shape index (κ3) is 12.2. The number of esters is 2. The van der Waals surface area contributed by atoms with Gasteiger partial charge in [-0.25, -0.2) is 14.8 Å². The molecule has 2 fully saturated rings. The molecule has 1 aromatic carbocycles. The first kappa shape index (κ1) is 41.2. The number of piperazine rings is 1. The number of nitrogens with zero attached hydrogens (tertiary/aromatic N) is 5. The fourth-order valence-corrected chi connectivity index (χ4v) is 6.51. The van der Waals surface area contributed by atoms with Crippen molar-refractivity contribution in [2.24, 2.45) is 0 Å². The van der Waals surface area contributed by atoms with Gasteiger partial charge in [-0.3, -0.25) is 28.3 Å². The van der Waals surface area contributed by atoms with Gasteiger partial charge in [-0.1, -0.05) is 57.5 Å². The number of carbonyl (C=O) groups excluding carboxylic acids is 5. The molecule has 1 N–H and O–H groups in total. The van der Waals surface area contributed by atoms with E-state index in [9.17, 15) is 28.5 Å². The molecule has 0 radical (unpaired) electrons. The molecule has 1 aromatic heterocycles. The van der Waals surface area contributed by atoms with E-state index in [0.29, 0.717) is 31.1 Å². The normalized spacial score (nSPS) is 16.9. The van der Waals surface area contributed by atoms with Gasteiger partial charge in [0.1, 0.15) is 17.6 Å². The van der Waals surface area contributed by atoms with Gasteiger partial charge in [-0.15, -0.1) is 0 Å². The van der Waals surface area contributed by atoms with Crippen molar-refractivity contribution in [3.8, 4) is 11.4 Å². The molecule has 2 aliphatic heterocycles. The number of hydrogen-bond donors (Lipinski definition) is 1. The summed E-state index contributed by atoms with van der Waals surface area (Å²) >= 11 is 0. The number of amides is 3. The van der Waals surface area contributed by atoms with Crippen molar-refractivity contribution in [3.05, 3.63) is 42.1 Å². The van der Waals surface area contributed by atoms with Crippen LogP contribution >= 0.6 is 8.03 Å². The largest absolute Gasteiger partial charge is 0.449 e. The molecule has 2 aliphatic rings. The SMILES string of the molecule is CCCCOC(=O)N1CCN(C(=O)[C@H](C[PH](=O)OC(OC(=O)CC)OC(=O)CC)NC(=O)c2cc(N3CC[C@H](OC)C3)nc(-c3ccccc3)n2)CC1. The van der Waals surface area contributed by atoms with E-state index in [1.807, 2.05) is 42.2 Å². The lowest BCUT2D eigenvalue weighted by molar-refractivity contribution is -0.233. The van der Waals surface area contributed by atoms with Crippen molar-refractivity contribution in [1.29, 1.82) is 0 Å². The third-order valence-corrected chi connectivity index (χ3v) is 9.78. The summed E-state index contributed by atoms with van der Waals surface area (Å²) in [6.07, 6.45) is 1.18. The van der Waals surface area contributed by atoms with Crippen molar-refractivity contribution in [2.75, 3.05) is 64.0 Å². The first-order chi connectivity index (χ1) is 25.5. The van der Waals surface area contributed by atoms with E-state index in [1.165, 1.54) is 29.7 Å². The van der Waals surface area contributed by atoms with Gasteiger partial charge in [-0.05, 0) is 12.8 Å². The summed E-state index contributed by atoms with van der Waals surface area (Å²) in [4.78, 5) is 78.7. The third-order valence-electron chi connectivity index (χ3n) is 8.59. The fourth-order valence-electron chi connectivity index (χ4n) is 5.49. The zero-order valence-corrected chi connectivity index (χ0v) is 31.6. The van der Waals surface area contributed by atoms with Crippen molar-refractivity contribution in [1.82, 2.24) is 25.1 Å². The number of anilines is 1. The van der Waals surface area contributed by atoms with Crippen LogP contribution in [0.5, 0.6) is 0 Å². The van der Waals surface area contributed by atoms with Gasteiger partial charge in [0.15, 0.2) is 5.82 Å². The number of rotatable bonds is 17. The van der Waals surface area contributed by atoms with E-state index in [1.54, 1.807) is 7.11 Å².